The van der Waals surface area contributed by atoms with E-state index in [1.165, 1.54) is 132 Å². The van der Waals surface area contributed by atoms with Crippen molar-refractivity contribution in [3.63, 3.8) is 0 Å². The van der Waals surface area contributed by atoms with E-state index >= 15 is 0 Å². The zero-order valence-corrected chi connectivity index (χ0v) is 54.9. The number of fused-ring (bicyclic) bond motifs is 2. The van der Waals surface area contributed by atoms with E-state index < -0.39 is 144 Å². The minimum absolute atomic E-state index is 0.0392. The number of benzene rings is 4. The number of sulfonamides is 2. The molecule has 0 saturated carbocycles. The van der Waals surface area contributed by atoms with Gasteiger partial charge in [-0.3, -0.25) is 33.6 Å². The lowest BCUT2D eigenvalue weighted by Crippen LogP contribution is -2.36. The van der Waals surface area contributed by atoms with Crippen LogP contribution < -0.4 is 14.8 Å². The predicted octanol–water partition coefficient (Wildman–Crippen LogP) is 11.2. The summed E-state index contributed by atoms with van der Waals surface area (Å²) in [6.07, 6.45) is -0.299. The topological polar surface area (TPSA) is 314 Å². The van der Waals surface area contributed by atoms with Gasteiger partial charge in [0.1, 0.15) is 21.3 Å². The number of anilines is 1. The van der Waals surface area contributed by atoms with Crippen molar-refractivity contribution < 1.29 is 97.0 Å². The summed E-state index contributed by atoms with van der Waals surface area (Å²) in [6.45, 7) is 15.5. The molecule has 88 heavy (non-hydrogen) atoms. The summed E-state index contributed by atoms with van der Waals surface area (Å²) < 4.78 is 128. The molecule has 4 unspecified atom stereocenters. The van der Waals surface area contributed by atoms with Gasteiger partial charge in [-0.05, 0) is 177 Å². The molecule has 2 heterocycles. The van der Waals surface area contributed by atoms with Gasteiger partial charge in [-0.1, -0.05) is 65.4 Å². The van der Waals surface area contributed by atoms with Crippen LogP contribution >= 0.6 is 16.1 Å². The molecule has 0 saturated heterocycles. The molecule has 24 nitrogen and oxygen atoms in total. The Morgan fingerprint density at radius 3 is 1.28 bits per heavy atom. The van der Waals surface area contributed by atoms with Crippen molar-refractivity contribution in [2.24, 2.45) is 21.7 Å². The predicted molar refractivity (Wildman–Crippen MR) is 318 cm³/mol. The van der Waals surface area contributed by atoms with E-state index in [1.54, 1.807) is 42.5 Å². The monoisotopic (exact) mass is 1300 g/mol. The van der Waals surface area contributed by atoms with Crippen LogP contribution in [0, 0.1) is 21.7 Å². The maximum absolute atomic E-state index is 14.5. The van der Waals surface area contributed by atoms with Gasteiger partial charge < -0.3 is 33.7 Å². The zero-order chi connectivity index (χ0) is 65.6. The van der Waals surface area contributed by atoms with E-state index in [4.69, 9.17) is 37.5 Å². The van der Waals surface area contributed by atoms with Crippen LogP contribution in [0.3, 0.4) is 0 Å². The van der Waals surface area contributed by atoms with Crippen molar-refractivity contribution in [3.05, 3.63) is 113 Å². The Kier molecular flexibility index (Phi) is 22.0. The molecule has 4 atom stereocenters. The fourth-order valence-electron chi connectivity index (χ4n) is 8.56. The average molecular weight is 1300 g/mol. The Bertz CT molecular complexity index is 3460. The summed E-state index contributed by atoms with van der Waals surface area (Å²) in [4.78, 5) is 93.3. The quantitative estimate of drug-likeness (QED) is 0.0366. The second kappa shape index (κ2) is 27.7. The van der Waals surface area contributed by atoms with E-state index in [-0.39, 0.29) is 49.9 Å². The van der Waals surface area contributed by atoms with E-state index in [2.05, 4.69) is 5.32 Å². The minimum atomic E-state index is -4.38. The number of nitrogens with one attached hydrogen (secondary N) is 1. The second-order valence-corrected chi connectivity index (χ2v) is 31.6. The summed E-state index contributed by atoms with van der Waals surface area (Å²) in [5.41, 5.74) is -3.53. The van der Waals surface area contributed by atoms with Gasteiger partial charge in [-0.15, -0.1) is 0 Å². The summed E-state index contributed by atoms with van der Waals surface area (Å²) in [7, 11) is -15.6. The van der Waals surface area contributed by atoms with Crippen molar-refractivity contribution >= 4 is 83.4 Å². The Balaban J connectivity index is 1.32. The number of nitrogens with zero attached hydrogens (tertiary/aromatic N) is 2. The summed E-state index contributed by atoms with van der Waals surface area (Å²) >= 11 is 0. The number of carbonyl (C=O) groups is 7. The molecule has 28 heteroatoms. The molecule has 3 amide bonds. The molecular weight excluding hydrogens is 1220 g/mol. The molecule has 1 N–H and O–H groups in total. The van der Waals surface area contributed by atoms with E-state index in [1.807, 2.05) is 13.8 Å². The van der Waals surface area contributed by atoms with Crippen molar-refractivity contribution in [3.8, 4) is 11.5 Å². The number of ether oxygens (including phenoxy) is 6. The first-order chi connectivity index (χ1) is 40.8. The van der Waals surface area contributed by atoms with E-state index in [9.17, 15) is 59.5 Å². The lowest BCUT2D eigenvalue weighted by atomic mass is 9.78. The van der Waals surface area contributed by atoms with Crippen LogP contribution in [-0.2, 0) is 81.1 Å². The van der Waals surface area contributed by atoms with Crippen LogP contribution in [0.5, 0.6) is 11.5 Å². The molecule has 0 aliphatic carbocycles. The first-order valence-electron chi connectivity index (χ1n) is 28.0. The molecule has 4 aromatic carbocycles. The second-order valence-electron chi connectivity index (χ2n) is 24.8. The molecule has 0 aromatic heterocycles. The molecular formula is C60H75N3O21P2S2+2. The number of hydrogen-bond acceptors (Lipinski definition) is 21. The Morgan fingerprint density at radius 2 is 0.898 bits per heavy atom. The van der Waals surface area contributed by atoms with Crippen LogP contribution in [0.1, 0.15) is 166 Å². The third-order valence-electron chi connectivity index (χ3n) is 13.6. The van der Waals surface area contributed by atoms with Crippen LogP contribution in [-0.4, -0.2) is 98.9 Å². The molecule has 0 bridgehead atoms. The largest absolute Gasteiger partial charge is 0.574 e. The minimum Gasteiger partial charge on any atom is -0.472 e. The van der Waals surface area contributed by atoms with Crippen LogP contribution in [0.4, 0.5) is 5.69 Å². The highest BCUT2D eigenvalue weighted by Crippen LogP contribution is 2.51. The number of hydrogen-bond donors (Lipinski definition) is 1. The summed E-state index contributed by atoms with van der Waals surface area (Å²) in [6, 6.07) is 23.1. The third-order valence-corrected chi connectivity index (χ3v) is 20.6. The molecule has 2 aliphatic rings. The van der Waals surface area contributed by atoms with Gasteiger partial charge in [0, 0.05) is 6.42 Å². The fourth-order valence-corrected chi connectivity index (χ4v) is 13.8. The third kappa shape index (κ3) is 16.7. The number of amides is 3. The first kappa shape index (κ1) is 69.9. The fraction of sp³-hybridized carbons (Fsp3) is 0.483. The summed E-state index contributed by atoms with van der Waals surface area (Å²) in [5, 5.41) is 0.811. The number of carbonyl (C=O) groups excluding carboxylic acids is 7. The van der Waals surface area contributed by atoms with Crippen molar-refractivity contribution in [1.82, 2.24) is 8.61 Å². The average Bonchev–Trinajstić information content (AvgIpc) is 1.83. The molecule has 476 valence electrons. The van der Waals surface area contributed by atoms with Crippen molar-refractivity contribution in [2.75, 3.05) is 18.8 Å². The highest BCUT2D eigenvalue weighted by molar-refractivity contribution is 7.90. The zero-order valence-electron chi connectivity index (χ0n) is 51.5. The van der Waals surface area contributed by atoms with Crippen molar-refractivity contribution in [1.29, 1.82) is 0 Å². The van der Waals surface area contributed by atoms with Gasteiger partial charge in [0.15, 0.2) is 13.5 Å². The standard InChI is InChI=1S/C60H74N3O21P2S2/c1-15-39(36-25-28-38(29-26-36)77-34-62-49(65)41-21-17-19-23-45(41)87(62,73)74)40(16-2)37-27-30-44(78-35-63-50(66)42-22-18-20-24-46(42)88(63,75)76)43(33-37)61-47(64)31-32-48(85(71)83-55(79-51(67)57(3,4)5)80-52(68)58(6,7)8)86(72)84-56(81-53(69)59(9,10)11)82-54(70)60(12,13)14/h17-30,33,39-40,48,55-56H,15-16,31-32,34-35H2,1-14H3/q+1/p+1. The maximum Gasteiger partial charge on any atom is 0.574 e. The number of rotatable bonds is 25. The molecule has 2 aliphatic heterocycles. The Morgan fingerprint density at radius 1 is 0.523 bits per heavy atom. The Hall–Kier alpha value is -7.21. The van der Waals surface area contributed by atoms with Gasteiger partial charge in [-0.25, -0.2) is 16.8 Å². The van der Waals surface area contributed by atoms with Gasteiger partial charge in [0.05, 0.1) is 44.9 Å². The van der Waals surface area contributed by atoms with Crippen LogP contribution in [0.15, 0.2) is 101 Å². The Labute approximate surface area is 514 Å². The molecule has 6 rings (SSSR count). The smallest absolute Gasteiger partial charge is 0.472 e. The SMILES string of the molecule is CCC(c1ccc(OCN2C(=O)c3ccccc3S2(=O)=O)cc1)C(CC)c1ccc(OCN2C(=O)c3ccccc3S2(=O)=O)c(NC(=O)CCC([P+](=O)OC(OC(=O)C(C)(C)C)OC(=O)C(C)(C)C)[P+](=O)OC(OC(=O)C(C)(C)C)OC(=O)C(C)(C)C)c1. The highest BCUT2D eigenvalue weighted by atomic mass is 32.2. The molecule has 0 radical (unpaired) electrons. The molecule has 0 spiro atoms. The van der Waals surface area contributed by atoms with E-state index in [0.717, 1.165) is 5.56 Å². The molecule has 0 fully saturated rings. The lowest BCUT2D eigenvalue weighted by Gasteiger charge is -2.27. The van der Waals surface area contributed by atoms with E-state index in [0.29, 0.717) is 27.0 Å². The summed E-state index contributed by atoms with van der Waals surface area (Å²) in [5.74, 6) is -6.73. The normalized spacial score (nSPS) is 16.0. The van der Waals surface area contributed by atoms with Gasteiger partial charge in [0.2, 0.25) is 5.91 Å². The van der Waals surface area contributed by atoms with Gasteiger partial charge in [-0.2, -0.15) is 8.61 Å². The van der Waals surface area contributed by atoms with Crippen molar-refractivity contribution in [2.45, 2.75) is 163 Å². The van der Waals surface area contributed by atoms with Gasteiger partial charge in [0.25, 0.3) is 31.9 Å². The van der Waals surface area contributed by atoms with Crippen LogP contribution in [0.2, 0.25) is 0 Å². The maximum atomic E-state index is 14.5. The highest BCUT2D eigenvalue weighted by Gasteiger charge is 2.57. The van der Waals surface area contributed by atoms with Crippen LogP contribution in [0.25, 0.3) is 0 Å². The lowest BCUT2D eigenvalue weighted by molar-refractivity contribution is -0.244. The first-order valence-corrected chi connectivity index (χ1v) is 33.4. The van der Waals surface area contributed by atoms with Gasteiger partial charge >= 0.3 is 58.3 Å². The molecule has 4 aromatic rings. The number of esters is 4.